The van der Waals surface area contributed by atoms with Crippen LogP contribution in [0.2, 0.25) is 0 Å². The molecule has 1 amide bonds. The molecule has 0 aromatic heterocycles. The van der Waals surface area contributed by atoms with E-state index in [4.69, 9.17) is 11.5 Å². The molecule has 1 saturated heterocycles. The summed E-state index contributed by atoms with van der Waals surface area (Å²) in [6.07, 6.45) is 2.72. The van der Waals surface area contributed by atoms with Crippen LogP contribution in [0.1, 0.15) is 12.8 Å². The average molecular weight is 212 g/mol. The van der Waals surface area contributed by atoms with Crippen molar-refractivity contribution in [1.29, 1.82) is 0 Å². The minimum Gasteiger partial charge on any atom is -0.368 e. The standard InChI is InChI=1S/C10H20N4O/c11-9(10(12)15)7-13-3-5-14(6-4-13)8-1-2-8/h8-9H,1-7,11H2,(H2,12,15). The maximum atomic E-state index is 10.8. The lowest BCUT2D eigenvalue weighted by molar-refractivity contribution is -0.119. The lowest BCUT2D eigenvalue weighted by atomic mass is 10.2. The minimum absolute atomic E-state index is 0.403. The van der Waals surface area contributed by atoms with Crippen molar-refractivity contribution < 1.29 is 4.79 Å². The van der Waals surface area contributed by atoms with Gasteiger partial charge in [0, 0.05) is 38.8 Å². The lowest BCUT2D eigenvalue weighted by Gasteiger charge is -2.35. The summed E-state index contributed by atoms with van der Waals surface area (Å²) in [4.78, 5) is 15.6. The Morgan fingerprint density at radius 2 is 1.87 bits per heavy atom. The van der Waals surface area contributed by atoms with Gasteiger partial charge in [0.05, 0.1) is 6.04 Å². The summed E-state index contributed by atoms with van der Waals surface area (Å²) in [5.41, 5.74) is 10.8. The van der Waals surface area contributed by atoms with Crippen LogP contribution < -0.4 is 11.5 Å². The second-order valence-corrected chi connectivity index (χ2v) is 4.58. The second-order valence-electron chi connectivity index (χ2n) is 4.58. The largest absolute Gasteiger partial charge is 0.368 e. The van der Waals surface area contributed by atoms with E-state index in [9.17, 15) is 4.79 Å². The molecule has 15 heavy (non-hydrogen) atoms. The van der Waals surface area contributed by atoms with E-state index >= 15 is 0 Å². The first kappa shape index (κ1) is 10.9. The van der Waals surface area contributed by atoms with Gasteiger partial charge in [-0.05, 0) is 12.8 Å². The molecule has 1 aliphatic carbocycles. The molecule has 1 aliphatic heterocycles. The van der Waals surface area contributed by atoms with E-state index in [2.05, 4.69) is 9.80 Å². The molecule has 1 unspecified atom stereocenters. The molecule has 86 valence electrons. The molecule has 4 N–H and O–H groups in total. The van der Waals surface area contributed by atoms with Crippen LogP contribution in [0.25, 0.3) is 0 Å². The Balaban J connectivity index is 1.70. The molecule has 0 bridgehead atoms. The van der Waals surface area contributed by atoms with E-state index in [0.29, 0.717) is 6.54 Å². The summed E-state index contributed by atoms with van der Waals surface area (Å²) < 4.78 is 0. The fourth-order valence-electron chi connectivity index (χ4n) is 2.12. The molecule has 0 aromatic carbocycles. The third-order valence-corrected chi connectivity index (χ3v) is 3.29. The van der Waals surface area contributed by atoms with Crippen molar-refractivity contribution in [2.75, 3.05) is 32.7 Å². The number of hydrogen-bond donors (Lipinski definition) is 2. The Morgan fingerprint density at radius 3 is 2.33 bits per heavy atom. The number of nitrogens with two attached hydrogens (primary N) is 2. The van der Waals surface area contributed by atoms with E-state index in [-0.39, 0.29) is 0 Å². The fraction of sp³-hybridized carbons (Fsp3) is 0.900. The number of rotatable bonds is 4. The van der Waals surface area contributed by atoms with Crippen molar-refractivity contribution >= 4 is 5.91 Å². The van der Waals surface area contributed by atoms with Crippen LogP contribution in [-0.4, -0.2) is 60.5 Å². The maximum absolute atomic E-state index is 10.8. The first-order valence-corrected chi connectivity index (χ1v) is 5.68. The Labute approximate surface area is 90.4 Å². The highest BCUT2D eigenvalue weighted by Crippen LogP contribution is 2.27. The smallest absolute Gasteiger partial charge is 0.235 e. The summed E-state index contributed by atoms with van der Waals surface area (Å²) in [5.74, 6) is -0.403. The van der Waals surface area contributed by atoms with Gasteiger partial charge in [-0.3, -0.25) is 14.6 Å². The zero-order chi connectivity index (χ0) is 10.8. The number of primary amides is 1. The molecule has 2 fully saturated rings. The highest BCUT2D eigenvalue weighted by atomic mass is 16.1. The van der Waals surface area contributed by atoms with Gasteiger partial charge in [0.1, 0.15) is 0 Å². The Hall–Kier alpha value is -0.650. The Kier molecular flexibility index (Phi) is 3.23. The van der Waals surface area contributed by atoms with E-state index in [1.165, 1.54) is 12.8 Å². The number of carbonyl (C=O) groups is 1. The van der Waals surface area contributed by atoms with Gasteiger partial charge in [0.25, 0.3) is 0 Å². The summed E-state index contributed by atoms with van der Waals surface area (Å²) in [7, 11) is 0. The van der Waals surface area contributed by atoms with Gasteiger partial charge < -0.3 is 11.5 Å². The third kappa shape index (κ3) is 2.90. The molecule has 5 heteroatoms. The van der Waals surface area contributed by atoms with Gasteiger partial charge in [-0.15, -0.1) is 0 Å². The highest BCUT2D eigenvalue weighted by Gasteiger charge is 2.31. The predicted octanol–water partition coefficient (Wildman–Crippen LogP) is -1.42. The normalized spacial score (nSPS) is 26.5. The summed E-state index contributed by atoms with van der Waals surface area (Å²) in [5, 5.41) is 0. The van der Waals surface area contributed by atoms with Crippen molar-refractivity contribution in [3.63, 3.8) is 0 Å². The Bertz CT molecular complexity index is 234. The molecule has 2 rings (SSSR count). The van der Waals surface area contributed by atoms with E-state index in [0.717, 1.165) is 32.2 Å². The number of nitrogens with zero attached hydrogens (tertiary/aromatic N) is 2. The molecular weight excluding hydrogens is 192 g/mol. The monoisotopic (exact) mass is 212 g/mol. The highest BCUT2D eigenvalue weighted by molar-refractivity contribution is 5.79. The summed E-state index contributed by atoms with van der Waals surface area (Å²) in [6, 6.07) is 0.328. The fourth-order valence-corrected chi connectivity index (χ4v) is 2.12. The lowest BCUT2D eigenvalue weighted by Crippen LogP contribution is -2.53. The molecule has 1 heterocycles. The molecule has 0 radical (unpaired) electrons. The molecular formula is C10H20N4O. The predicted molar refractivity (Wildman–Crippen MR) is 58.2 cm³/mol. The van der Waals surface area contributed by atoms with Crippen LogP contribution in [-0.2, 0) is 4.79 Å². The first-order chi connectivity index (χ1) is 7.16. The molecule has 1 atom stereocenters. The zero-order valence-corrected chi connectivity index (χ0v) is 9.06. The summed E-state index contributed by atoms with van der Waals surface area (Å²) in [6.45, 7) is 4.84. The van der Waals surface area contributed by atoms with Crippen molar-refractivity contribution in [3.05, 3.63) is 0 Å². The molecule has 0 aromatic rings. The van der Waals surface area contributed by atoms with Crippen molar-refractivity contribution in [3.8, 4) is 0 Å². The van der Waals surface area contributed by atoms with Crippen LogP contribution in [0.4, 0.5) is 0 Å². The summed E-state index contributed by atoms with van der Waals surface area (Å²) >= 11 is 0. The van der Waals surface area contributed by atoms with Crippen LogP contribution in [0.5, 0.6) is 0 Å². The van der Waals surface area contributed by atoms with Crippen LogP contribution >= 0.6 is 0 Å². The van der Waals surface area contributed by atoms with Gasteiger partial charge in [-0.2, -0.15) is 0 Å². The number of amides is 1. The van der Waals surface area contributed by atoms with Crippen molar-refractivity contribution in [1.82, 2.24) is 9.80 Å². The number of carbonyl (C=O) groups excluding carboxylic acids is 1. The van der Waals surface area contributed by atoms with Crippen LogP contribution in [0.15, 0.2) is 0 Å². The zero-order valence-electron chi connectivity index (χ0n) is 9.06. The average Bonchev–Trinajstić information content (AvgIpc) is 3.02. The topological polar surface area (TPSA) is 75.6 Å². The SMILES string of the molecule is NC(=O)C(N)CN1CCN(C2CC2)CC1. The second kappa shape index (κ2) is 4.47. The van der Waals surface area contributed by atoms with Gasteiger partial charge in [0.15, 0.2) is 0 Å². The van der Waals surface area contributed by atoms with Crippen molar-refractivity contribution in [2.24, 2.45) is 11.5 Å². The van der Waals surface area contributed by atoms with Crippen LogP contribution in [0, 0.1) is 0 Å². The van der Waals surface area contributed by atoms with Crippen LogP contribution in [0.3, 0.4) is 0 Å². The van der Waals surface area contributed by atoms with E-state index < -0.39 is 11.9 Å². The van der Waals surface area contributed by atoms with Gasteiger partial charge >= 0.3 is 0 Å². The van der Waals surface area contributed by atoms with Gasteiger partial charge in [0.2, 0.25) is 5.91 Å². The third-order valence-electron chi connectivity index (χ3n) is 3.29. The number of hydrogen-bond acceptors (Lipinski definition) is 4. The van der Waals surface area contributed by atoms with E-state index in [1.807, 2.05) is 0 Å². The molecule has 1 saturated carbocycles. The van der Waals surface area contributed by atoms with Gasteiger partial charge in [-0.1, -0.05) is 0 Å². The quantitative estimate of drug-likeness (QED) is 0.599. The Morgan fingerprint density at radius 1 is 1.27 bits per heavy atom. The van der Waals surface area contributed by atoms with Crippen molar-refractivity contribution in [2.45, 2.75) is 24.9 Å². The molecule has 0 spiro atoms. The minimum atomic E-state index is -0.516. The number of piperazine rings is 1. The first-order valence-electron chi connectivity index (χ1n) is 5.68. The molecule has 2 aliphatic rings. The maximum Gasteiger partial charge on any atom is 0.235 e. The van der Waals surface area contributed by atoms with E-state index in [1.54, 1.807) is 0 Å². The molecule has 5 nitrogen and oxygen atoms in total. The van der Waals surface area contributed by atoms with Gasteiger partial charge in [-0.25, -0.2) is 0 Å².